The molecule has 2 aromatic rings. The van der Waals surface area contributed by atoms with Gasteiger partial charge < -0.3 is 14.8 Å². The van der Waals surface area contributed by atoms with Crippen molar-refractivity contribution in [2.45, 2.75) is 13.0 Å². The van der Waals surface area contributed by atoms with Crippen LogP contribution in [0.1, 0.15) is 17.5 Å². The van der Waals surface area contributed by atoms with Crippen LogP contribution >= 0.6 is 0 Å². The third-order valence-electron chi connectivity index (χ3n) is 3.61. The number of benzene rings is 2. The van der Waals surface area contributed by atoms with Crippen molar-refractivity contribution in [3.8, 4) is 5.75 Å². The average Bonchev–Trinajstić information content (AvgIpc) is 2.71. The molecule has 0 saturated carbocycles. The number of methoxy groups -OCH3 is 1. The van der Waals surface area contributed by atoms with E-state index in [2.05, 4.69) is 15.8 Å². The maximum absolute atomic E-state index is 13.0. The largest absolute Gasteiger partial charge is 0.488 e. The van der Waals surface area contributed by atoms with Crippen LogP contribution in [-0.2, 0) is 20.9 Å². The van der Waals surface area contributed by atoms with E-state index in [9.17, 15) is 14.0 Å². The van der Waals surface area contributed by atoms with Gasteiger partial charge in [0.05, 0.1) is 6.21 Å². The van der Waals surface area contributed by atoms with Gasteiger partial charge >= 0.3 is 11.8 Å². The Morgan fingerprint density at radius 1 is 1.11 bits per heavy atom. The summed E-state index contributed by atoms with van der Waals surface area (Å²) in [5.41, 5.74) is 3.60. The number of hydrazone groups is 1. The van der Waals surface area contributed by atoms with Gasteiger partial charge in [-0.25, -0.2) is 9.82 Å². The lowest BCUT2D eigenvalue weighted by atomic mass is 10.2. The first-order valence-corrected chi connectivity index (χ1v) is 8.66. The first-order chi connectivity index (χ1) is 13.6. The molecule has 7 nitrogen and oxygen atoms in total. The highest BCUT2D eigenvalue weighted by Gasteiger charge is 2.11. The van der Waals surface area contributed by atoms with Gasteiger partial charge in [0.15, 0.2) is 0 Å². The molecule has 0 aliphatic heterocycles. The van der Waals surface area contributed by atoms with E-state index in [0.717, 1.165) is 5.56 Å². The fourth-order valence-corrected chi connectivity index (χ4v) is 2.17. The van der Waals surface area contributed by atoms with Crippen molar-refractivity contribution in [2.24, 2.45) is 5.10 Å². The van der Waals surface area contributed by atoms with Crippen LogP contribution in [0, 0.1) is 5.82 Å². The van der Waals surface area contributed by atoms with Crippen molar-refractivity contribution in [2.75, 3.05) is 20.3 Å². The number of hydrogen-bond donors (Lipinski definition) is 2. The molecule has 2 rings (SSSR count). The van der Waals surface area contributed by atoms with Crippen LogP contribution in [0.2, 0.25) is 0 Å². The minimum Gasteiger partial charge on any atom is -0.488 e. The quantitative estimate of drug-likeness (QED) is 0.298. The molecular weight excluding hydrogens is 365 g/mol. The highest BCUT2D eigenvalue weighted by atomic mass is 19.1. The summed E-state index contributed by atoms with van der Waals surface area (Å²) in [7, 11) is 1.56. The molecule has 0 fully saturated rings. The van der Waals surface area contributed by atoms with E-state index in [0.29, 0.717) is 30.9 Å². The predicted molar refractivity (Wildman–Crippen MR) is 102 cm³/mol. The van der Waals surface area contributed by atoms with E-state index in [1.807, 2.05) is 0 Å². The summed E-state index contributed by atoms with van der Waals surface area (Å²) >= 11 is 0. The average molecular weight is 387 g/mol. The Kier molecular flexibility index (Phi) is 8.61. The molecule has 0 radical (unpaired) electrons. The SMILES string of the molecule is COCCCNC(=O)C(=O)N/N=C\c1ccccc1OCc1ccc(F)cc1. The summed E-state index contributed by atoms with van der Waals surface area (Å²) in [6, 6.07) is 13.1. The van der Waals surface area contributed by atoms with E-state index in [1.54, 1.807) is 43.5 Å². The number of rotatable bonds is 9. The molecule has 0 atom stereocenters. The van der Waals surface area contributed by atoms with Crippen molar-refractivity contribution >= 4 is 18.0 Å². The highest BCUT2D eigenvalue weighted by molar-refractivity contribution is 6.35. The number of halogens is 1. The monoisotopic (exact) mass is 387 g/mol. The van der Waals surface area contributed by atoms with E-state index in [-0.39, 0.29) is 12.4 Å². The topological polar surface area (TPSA) is 89.0 Å². The Bertz CT molecular complexity index is 809. The summed E-state index contributed by atoms with van der Waals surface area (Å²) in [6.07, 6.45) is 1.99. The Hall–Kier alpha value is -3.26. The second-order valence-electron chi connectivity index (χ2n) is 5.75. The number of para-hydroxylation sites is 1. The van der Waals surface area contributed by atoms with Gasteiger partial charge in [-0.1, -0.05) is 24.3 Å². The number of hydrogen-bond acceptors (Lipinski definition) is 5. The third kappa shape index (κ3) is 7.16. The van der Waals surface area contributed by atoms with Crippen molar-refractivity contribution in [3.05, 3.63) is 65.5 Å². The number of nitrogens with one attached hydrogen (secondary N) is 2. The van der Waals surface area contributed by atoms with Gasteiger partial charge in [0, 0.05) is 25.8 Å². The number of nitrogens with zero attached hydrogens (tertiary/aromatic N) is 1. The van der Waals surface area contributed by atoms with Crippen LogP contribution in [0.4, 0.5) is 4.39 Å². The summed E-state index contributed by atoms with van der Waals surface area (Å²) in [5.74, 6) is -1.41. The predicted octanol–water partition coefficient (Wildman–Crippen LogP) is 2.01. The van der Waals surface area contributed by atoms with Crippen LogP contribution < -0.4 is 15.5 Å². The smallest absolute Gasteiger partial charge is 0.329 e. The second-order valence-corrected chi connectivity index (χ2v) is 5.75. The van der Waals surface area contributed by atoms with E-state index in [4.69, 9.17) is 9.47 Å². The first kappa shape index (κ1) is 21.0. The van der Waals surface area contributed by atoms with E-state index < -0.39 is 11.8 Å². The maximum Gasteiger partial charge on any atom is 0.329 e. The minimum atomic E-state index is -0.863. The van der Waals surface area contributed by atoms with E-state index >= 15 is 0 Å². The molecule has 0 aromatic heterocycles. The molecule has 2 amide bonds. The van der Waals surface area contributed by atoms with Crippen LogP contribution in [0.25, 0.3) is 0 Å². The molecule has 2 aromatic carbocycles. The normalized spacial score (nSPS) is 10.6. The van der Waals surface area contributed by atoms with Crippen molar-refractivity contribution in [1.82, 2.24) is 10.7 Å². The van der Waals surface area contributed by atoms with Gasteiger partial charge in [-0.3, -0.25) is 9.59 Å². The zero-order chi connectivity index (χ0) is 20.2. The lowest BCUT2D eigenvalue weighted by Gasteiger charge is -2.09. The van der Waals surface area contributed by atoms with Crippen molar-refractivity contribution < 1.29 is 23.5 Å². The zero-order valence-corrected chi connectivity index (χ0v) is 15.5. The molecule has 0 saturated heterocycles. The summed E-state index contributed by atoms with van der Waals surface area (Å²) in [4.78, 5) is 23.3. The molecule has 8 heteroatoms. The van der Waals surface area contributed by atoms with Gasteiger partial charge in [0.2, 0.25) is 0 Å². The Balaban J connectivity index is 1.86. The summed E-state index contributed by atoms with van der Waals surface area (Å²) < 4.78 is 23.5. The summed E-state index contributed by atoms with van der Waals surface area (Å²) in [5, 5.41) is 6.26. The fraction of sp³-hybridized carbons (Fsp3) is 0.250. The van der Waals surface area contributed by atoms with Gasteiger partial charge in [-0.2, -0.15) is 5.10 Å². The third-order valence-corrected chi connectivity index (χ3v) is 3.61. The van der Waals surface area contributed by atoms with Crippen LogP contribution in [0.15, 0.2) is 53.6 Å². The molecule has 0 spiro atoms. The maximum atomic E-state index is 13.0. The molecule has 148 valence electrons. The van der Waals surface area contributed by atoms with Gasteiger partial charge in [0.1, 0.15) is 18.2 Å². The minimum absolute atomic E-state index is 0.251. The standard InChI is InChI=1S/C20H22FN3O4/c1-27-12-4-11-22-19(25)20(26)24-23-13-16-5-2-3-6-18(16)28-14-15-7-9-17(21)10-8-15/h2-3,5-10,13H,4,11-12,14H2,1H3,(H,22,25)(H,24,26)/b23-13-. The van der Waals surface area contributed by atoms with Crippen molar-refractivity contribution in [1.29, 1.82) is 0 Å². The molecule has 0 aliphatic rings. The Morgan fingerprint density at radius 3 is 2.61 bits per heavy atom. The van der Waals surface area contributed by atoms with Gasteiger partial charge in [0.25, 0.3) is 0 Å². The highest BCUT2D eigenvalue weighted by Crippen LogP contribution is 2.17. The Labute approximate surface area is 162 Å². The van der Waals surface area contributed by atoms with Crippen LogP contribution in [0.5, 0.6) is 5.75 Å². The molecule has 28 heavy (non-hydrogen) atoms. The number of carbonyl (C=O) groups is 2. The summed E-state index contributed by atoms with van der Waals surface area (Å²) in [6.45, 7) is 1.08. The van der Waals surface area contributed by atoms with E-state index in [1.165, 1.54) is 18.3 Å². The second kappa shape index (κ2) is 11.5. The van der Waals surface area contributed by atoms with Gasteiger partial charge in [-0.05, 0) is 36.2 Å². The fourth-order valence-electron chi connectivity index (χ4n) is 2.17. The molecule has 0 bridgehead atoms. The number of amides is 2. The first-order valence-electron chi connectivity index (χ1n) is 8.66. The molecule has 2 N–H and O–H groups in total. The lowest BCUT2D eigenvalue weighted by Crippen LogP contribution is -2.38. The molecule has 0 aliphatic carbocycles. The Morgan fingerprint density at radius 2 is 1.86 bits per heavy atom. The molecular formula is C20H22FN3O4. The molecule has 0 unspecified atom stereocenters. The zero-order valence-electron chi connectivity index (χ0n) is 15.5. The molecule has 0 heterocycles. The van der Waals surface area contributed by atoms with Crippen molar-refractivity contribution in [3.63, 3.8) is 0 Å². The van der Waals surface area contributed by atoms with Crippen LogP contribution in [0.3, 0.4) is 0 Å². The number of carbonyl (C=O) groups excluding carboxylic acids is 2. The lowest BCUT2D eigenvalue weighted by molar-refractivity contribution is -0.139. The number of ether oxygens (including phenoxy) is 2. The van der Waals surface area contributed by atoms with Crippen LogP contribution in [-0.4, -0.2) is 38.3 Å². The van der Waals surface area contributed by atoms with Gasteiger partial charge in [-0.15, -0.1) is 0 Å².